The molecule has 1 radical (unpaired) electrons. The van der Waals surface area contributed by atoms with Crippen LogP contribution in [0.5, 0.6) is 0 Å². The Bertz CT molecular complexity index is 53.4. The van der Waals surface area contributed by atoms with Crippen LogP contribution in [0, 0.1) is 6.42 Å². The van der Waals surface area contributed by atoms with E-state index in [9.17, 15) is 0 Å². The number of halogens is 1. The largest absolute Gasteiger partial charge is 0.123 e. The molecule has 0 spiro atoms. The van der Waals surface area contributed by atoms with Gasteiger partial charge in [-0.3, -0.25) is 0 Å². The van der Waals surface area contributed by atoms with Gasteiger partial charge in [0.1, 0.15) is 0 Å². The fourth-order valence-corrected chi connectivity index (χ4v) is 1.35. The Morgan fingerprint density at radius 3 is 3.00 bits per heavy atom. The van der Waals surface area contributed by atoms with Gasteiger partial charge in [0.25, 0.3) is 0 Å². The molecule has 0 bridgehead atoms. The second-order valence-corrected chi connectivity index (χ2v) is 3.01. The first-order chi connectivity index (χ1) is 3.89. The van der Waals surface area contributed by atoms with Crippen LogP contribution in [0.1, 0.15) is 32.1 Å². The monoisotopic (exact) mass is 131 g/mol. The lowest BCUT2D eigenvalue weighted by Gasteiger charge is -1.99. The normalized spacial score (nSPS) is 25.1. The van der Waals surface area contributed by atoms with Crippen molar-refractivity contribution in [1.29, 1.82) is 0 Å². The van der Waals surface area contributed by atoms with Gasteiger partial charge in [-0.2, -0.15) is 0 Å². The lowest BCUT2D eigenvalue weighted by molar-refractivity contribution is 0.711. The zero-order valence-electron chi connectivity index (χ0n) is 5.07. The zero-order chi connectivity index (χ0) is 5.82. The minimum atomic E-state index is 0.466. The molecule has 1 rings (SSSR count). The molecular formula is C7H12Cl. The Hall–Kier alpha value is 0.290. The second kappa shape index (κ2) is 3.34. The highest BCUT2D eigenvalue weighted by Gasteiger charge is 2.07. The summed E-state index contributed by atoms with van der Waals surface area (Å²) in [6.07, 6.45) is 8.58. The van der Waals surface area contributed by atoms with E-state index in [1.807, 2.05) is 0 Å². The summed E-state index contributed by atoms with van der Waals surface area (Å²) in [5.74, 6) is 0. The van der Waals surface area contributed by atoms with E-state index in [-0.39, 0.29) is 0 Å². The Morgan fingerprint density at radius 1 is 1.25 bits per heavy atom. The van der Waals surface area contributed by atoms with Crippen LogP contribution in [-0.2, 0) is 0 Å². The molecule has 0 aliphatic heterocycles. The molecule has 1 atom stereocenters. The Kier molecular flexibility index (Phi) is 2.68. The minimum Gasteiger partial charge on any atom is -0.123 e. The number of hydrogen-bond acceptors (Lipinski definition) is 0. The van der Waals surface area contributed by atoms with Crippen molar-refractivity contribution in [2.45, 2.75) is 37.5 Å². The first-order valence-corrected chi connectivity index (χ1v) is 3.79. The molecule has 0 heterocycles. The van der Waals surface area contributed by atoms with Crippen LogP contribution in [0.2, 0.25) is 0 Å². The third-order valence-corrected chi connectivity index (χ3v) is 2.05. The maximum Gasteiger partial charge on any atom is 0.0336 e. The van der Waals surface area contributed by atoms with Gasteiger partial charge in [-0.1, -0.05) is 12.8 Å². The number of rotatable bonds is 0. The summed E-state index contributed by atoms with van der Waals surface area (Å²) in [7, 11) is 0. The van der Waals surface area contributed by atoms with Crippen molar-refractivity contribution in [3.63, 3.8) is 0 Å². The van der Waals surface area contributed by atoms with E-state index in [1.165, 1.54) is 32.1 Å². The van der Waals surface area contributed by atoms with E-state index in [0.717, 1.165) is 0 Å². The molecule has 0 aromatic heterocycles. The summed E-state index contributed by atoms with van der Waals surface area (Å²) in [4.78, 5) is 0. The first kappa shape index (κ1) is 6.41. The summed E-state index contributed by atoms with van der Waals surface area (Å²) in [5.41, 5.74) is 0. The maximum atomic E-state index is 5.90. The molecule has 1 fully saturated rings. The molecule has 8 heavy (non-hydrogen) atoms. The van der Waals surface area contributed by atoms with E-state index in [2.05, 4.69) is 6.42 Å². The highest BCUT2D eigenvalue weighted by atomic mass is 35.5. The zero-order valence-corrected chi connectivity index (χ0v) is 5.82. The van der Waals surface area contributed by atoms with Crippen LogP contribution in [0.3, 0.4) is 0 Å². The number of hydrogen-bond donors (Lipinski definition) is 0. The van der Waals surface area contributed by atoms with Crippen molar-refractivity contribution in [2.24, 2.45) is 0 Å². The van der Waals surface area contributed by atoms with Gasteiger partial charge >= 0.3 is 0 Å². The van der Waals surface area contributed by atoms with Crippen molar-refractivity contribution in [3.8, 4) is 0 Å². The van der Waals surface area contributed by atoms with Crippen molar-refractivity contribution in [1.82, 2.24) is 0 Å². The smallest absolute Gasteiger partial charge is 0.0336 e. The third-order valence-electron chi connectivity index (χ3n) is 1.61. The maximum absolute atomic E-state index is 5.90. The third kappa shape index (κ3) is 2.04. The van der Waals surface area contributed by atoms with Crippen molar-refractivity contribution >= 4 is 11.6 Å². The van der Waals surface area contributed by atoms with E-state index in [0.29, 0.717) is 5.38 Å². The van der Waals surface area contributed by atoms with Crippen LogP contribution >= 0.6 is 11.6 Å². The predicted molar refractivity (Wildman–Crippen MR) is 37.0 cm³/mol. The summed E-state index contributed by atoms with van der Waals surface area (Å²) >= 11 is 5.90. The van der Waals surface area contributed by atoms with Gasteiger partial charge in [0.15, 0.2) is 0 Å². The molecule has 0 aromatic carbocycles. The van der Waals surface area contributed by atoms with Gasteiger partial charge in [-0.25, -0.2) is 0 Å². The lowest BCUT2D eigenvalue weighted by atomic mass is 10.2. The van der Waals surface area contributed by atoms with E-state index in [1.54, 1.807) is 0 Å². The molecule has 0 N–H and O–H groups in total. The highest BCUT2D eigenvalue weighted by molar-refractivity contribution is 6.20. The van der Waals surface area contributed by atoms with E-state index >= 15 is 0 Å². The summed E-state index contributed by atoms with van der Waals surface area (Å²) in [5, 5.41) is 0.466. The summed E-state index contributed by atoms with van der Waals surface area (Å²) in [6, 6.07) is 0. The quantitative estimate of drug-likeness (QED) is 0.350. The topological polar surface area (TPSA) is 0 Å². The Morgan fingerprint density at radius 2 is 2.12 bits per heavy atom. The fraction of sp³-hybridized carbons (Fsp3) is 0.857. The van der Waals surface area contributed by atoms with Gasteiger partial charge in [-0.15, -0.1) is 11.6 Å². The lowest BCUT2D eigenvalue weighted by Crippen LogP contribution is -1.92. The van der Waals surface area contributed by atoms with Crippen LogP contribution in [0.4, 0.5) is 0 Å². The Balaban J connectivity index is 2.17. The average Bonchev–Trinajstić information content (AvgIpc) is 1.94. The van der Waals surface area contributed by atoms with E-state index < -0.39 is 0 Å². The van der Waals surface area contributed by atoms with Gasteiger partial charge in [0.2, 0.25) is 0 Å². The Labute approximate surface area is 56.2 Å². The van der Waals surface area contributed by atoms with Crippen molar-refractivity contribution in [2.75, 3.05) is 0 Å². The molecule has 1 aliphatic rings. The molecule has 0 aromatic rings. The SMILES string of the molecule is ClC1CC[CH]CCC1. The van der Waals surface area contributed by atoms with Crippen LogP contribution in [-0.4, -0.2) is 5.38 Å². The van der Waals surface area contributed by atoms with Crippen LogP contribution < -0.4 is 0 Å². The molecule has 47 valence electrons. The standard InChI is InChI=1S/C7H12Cl/c8-7-5-3-1-2-4-6-7/h1,7H,2-6H2. The van der Waals surface area contributed by atoms with Gasteiger partial charge in [0.05, 0.1) is 0 Å². The number of alkyl halides is 1. The van der Waals surface area contributed by atoms with Gasteiger partial charge < -0.3 is 0 Å². The van der Waals surface area contributed by atoms with Crippen LogP contribution in [0.15, 0.2) is 0 Å². The van der Waals surface area contributed by atoms with Crippen molar-refractivity contribution < 1.29 is 0 Å². The molecule has 0 saturated heterocycles. The molecule has 0 nitrogen and oxygen atoms in total. The minimum absolute atomic E-state index is 0.466. The first-order valence-electron chi connectivity index (χ1n) is 3.35. The second-order valence-electron chi connectivity index (χ2n) is 2.39. The molecule has 1 aliphatic carbocycles. The highest BCUT2D eigenvalue weighted by Crippen LogP contribution is 2.20. The average molecular weight is 132 g/mol. The van der Waals surface area contributed by atoms with Gasteiger partial charge in [0, 0.05) is 5.38 Å². The van der Waals surface area contributed by atoms with Crippen molar-refractivity contribution in [3.05, 3.63) is 6.42 Å². The summed E-state index contributed by atoms with van der Waals surface area (Å²) < 4.78 is 0. The molecule has 1 heteroatoms. The molecule has 1 unspecified atom stereocenters. The summed E-state index contributed by atoms with van der Waals surface area (Å²) in [6.45, 7) is 0. The molecular weight excluding hydrogens is 120 g/mol. The molecule has 1 saturated carbocycles. The van der Waals surface area contributed by atoms with Crippen LogP contribution in [0.25, 0.3) is 0 Å². The van der Waals surface area contributed by atoms with E-state index in [4.69, 9.17) is 11.6 Å². The molecule has 0 amide bonds. The van der Waals surface area contributed by atoms with Gasteiger partial charge in [-0.05, 0) is 25.7 Å². The predicted octanol–water partition coefficient (Wildman–Crippen LogP) is 2.76. The fourth-order valence-electron chi connectivity index (χ4n) is 1.07.